The first-order chi connectivity index (χ1) is 11.1. The van der Waals surface area contributed by atoms with Gasteiger partial charge in [0.1, 0.15) is 5.78 Å². The van der Waals surface area contributed by atoms with Gasteiger partial charge in [0, 0.05) is 12.8 Å². The fraction of sp³-hybridized carbons (Fsp3) is 0.696. The average Bonchev–Trinajstić information content (AvgIpc) is 2.44. The van der Waals surface area contributed by atoms with E-state index in [1.807, 2.05) is 0 Å². The quantitative estimate of drug-likeness (QED) is 0.456. The molecular weight excluding hydrogens is 292 g/mol. The molecule has 136 valence electrons. The molecule has 0 aliphatic heterocycles. The van der Waals surface area contributed by atoms with Crippen LogP contribution >= 0.6 is 0 Å². The van der Waals surface area contributed by atoms with Gasteiger partial charge in [-0.25, -0.2) is 0 Å². The highest BCUT2D eigenvalue weighted by molar-refractivity contribution is 5.80. The van der Waals surface area contributed by atoms with E-state index in [4.69, 9.17) is 0 Å². The van der Waals surface area contributed by atoms with Gasteiger partial charge in [0.05, 0.1) is 0 Å². The Kier molecular flexibility index (Phi) is 8.19. The van der Waals surface area contributed by atoms with E-state index in [9.17, 15) is 4.79 Å². The lowest BCUT2D eigenvalue weighted by Gasteiger charge is -2.17. The molecule has 0 N–H and O–H groups in total. The van der Waals surface area contributed by atoms with Gasteiger partial charge in [-0.1, -0.05) is 78.6 Å². The first-order valence-electron chi connectivity index (χ1n) is 9.65. The van der Waals surface area contributed by atoms with Gasteiger partial charge in [-0.15, -0.1) is 0 Å². The van der Waals surface area contributed by atoms with E-state index < -0.39 is 0 Å². The van der Waals surface area contributed by atoms with E-state index in [0.29, 0.717) is 23.0 Å². The van der Waals surface area contributed by atoms with Crippen molar-refractivity contribution in [3.8, 4) is 0 Å². The van der Waals surface area contributed by atoms with E-state index in [-0.39, 0.29) is 0 Å². The summed E-state index contributed by atoms with van der Waals surface area (Å²) in [5.41, 5.74) is 3.33. The Balaban J connectivity index is 2.27. The summed E-state index contributed by atoms with van der Waals surface area (Å²) in [4.78, 5) is 12.1. The minimum absolute atomic E-state index is 0.377. The molecule has 1 aromatic carbocycles. The van der Waals surface area contributed by atoms with Crippen LogP contribution in [0.15, 0.2) is 24.3 Å². The Labute approximate surface area is 150 Å². The number of benzene rings is 1. The van der Waals surface area contributed by atoms with Crippen molar-refractivity contribution in [2.75, 3.05) is 0 Å². The van der Waals surface area contributed by atoms with Crippen LogP contribution in [0.2, 0.25) is 0 Å². The van der Waals surface area contributed by atoms with Crippen molar-refractivity contribution >= 4 is 5.78 Å². The largest absolute Gasteiger partial charge is 0.299 e. The first kappa shape index (κ1) is 20.9. The van der Waals surface area contributed by atoms with Crippen LogP contribution in [0.5, 0.6) is 0 Å². The van der Waals surface area contributed by atoms with Gasteiger partial charge in [0.25, 0.3) is 0 Å². The highest BCUT2D eigenvalue weighted by Crippen LogP contribution is 2.23. The summed E-state index contributed by atoms with van der Waals surface area (Å²) < 4.78 is 0. The molecule has 1 rings (SSSR count). The zero-order chi connectivity index (χ0) is 18.2. The summed E-state index contributed by atoms with van der Waals surface area (Å²) in [5.74, 6) is 0.383. The molecule has 0 aromatic heterocycles. The van der Waals surface area contributed by atoms with Gasteiger partial charge >= 0.3 is 0 Å². The number of carbonyl (C=O) groups is 1. The van der Waals surface area contributed by atoms with Crippen molar-refractivity contribution in [2.45, 2.75) is 92.9 Å². The minimum Gasteiger partial charge on any atom is -0.299 e. The number of carbonyl (C=O) groups excluding carboxylic acids is 1. The summed E-state index contributed by atoms with van der Waals surface area (Å²) in [6, 6.07) is 8.65. The number of Topliss-reactive ketones (excluding diaryl/α,β-unsaturated/α-hetero) is 1. The lowest BCUT2D eigenvalue weighted by atomic mass is 9.88. The smallest absolute Gasteiger partial charge is 0.137 e. The van der Waals surface area contributed by atoms with Gasteiger partial charge in [0.2, 0.25) is 0 Å². The molecule has 0 aliphatic carbocycles. The summed E-state index contributed by atoms with van der Waals surface area (Å²) in [7, 11) is 0. The maximum Gasteiger partial charge on any atom is 0.137 e. The first-order valence-corrected chi connectivity index (χ1v) is 9.65. The standard InChI is InChI=1S/C23H38O/c1-22(2,3)16-9-7-8-10-21(24)18-20-13-11-19(12-14-20)15-17-23(4,5)6/h11-14H,7-10,15-18H2,1-6H3. The van der Waals surface area contributed by atoms with Crippen LogP contribution in [0.3, 0.4) is 0 Å². The van der Waals surface area contributed by atoms with Crippen LogP contribution in [0.25, 0.3) is 0 Å². The van der Waals surface area contributed by atoms with Crippen molar-refractivity contribution in [2.24, 2.45) is 10.8 Å². The predicted molar refractivity (Wildman–Crippen MR) is 105 cm³/mol. The van der Waals surface area contributed by atoms with Crippen molar-refractivity contribution < 1.29 is 4.79 Å². The number of ketones is 1. The molecule has 0 radical (unpaired) electrons. The van der Waals surface area contributed by atoms with Crippen molar-refractivity contribution in [3.63, 3.8) is 0 Å². The predicted octanol–water partition coefficient (Wildman–Crippen LogP) is 6.77. The average molecular weight is 331 g/mol. The number of rotatable bonds is 9. The van der Waals surface area contributed by atoms with Gasteiger partial charge in [-0.2, -0.15) is 0 Å². The van der Waals surface area contributed by atoms with Crippen LogP contribution in [-0.2, 0) is 17.6 Å². The minimum atomic E-state index is 0.377. The maximum atomic E-state index is 12.1. The van der Waals surface area contributed by atoms with E-state index in [0.717, 1.165) is 24.8 Å². The normalized spacial score (nSPS) is 12.4. The van der Waals surface area contributed by atoms with E-state index in [1.54, 1.807) is 0 Å². The molecule has 0 amide bonds. The third-order valence-electron chi connectivity index (χ3n) is 4.47. The lowest BCUT2D eigenvalue weighted by molar-refractivity contribution is -0.118. The molecule has 0 saturated heterocycles. The van der Waals surface area contributed by atoms with E-state index in [2.05, 4.69) is 65.8 Å². The van der Waals surface area contributed by atoms with Gasteiger partial charge < -0.3 is 0 Å². The van der Waals surface area contributed by atoms with Crippen LogP contribution in [0.1, 0.15) is 91.2 Å². The van der Waals surface area contributed by atoms with E-state index in [1.165, 1.54) is 31.2 Å². The summed E-state index contributed by atoms with van der Waals surface area (Å²) in [6.45, 7) is 13.7. The molecule has 0 spiro atoms. The maximum absolute atomic E-state index is 12.1. The monoisotopic (exact) mass is 330 g/mol. The highest BCUT2D eigenvalue weighted by atomic mass is 16.1. The summed E-state index contributed by atoms with van der Waals surface area (Å²) in [6.07, 6.45) is 8.34. The third kappa shape index (κ3) is 10.6. The number of hydrogen-bond donors (Lipinski definition) is 0. The zero-order valence-corrected chi connectivity index (χ0v) is 16.9. The molecule has 0 aliphatic rings. The molecule has 0 saturated carbocycles. The fourth-order valence-electron chi connectivity index (χ4n) is 2.81. The SMILES string of the molecule is CC(C)(C)CCCCCC(=O)Cc1ccc(CCC(C)(C)C)cc1. The van der Waals surface area contributed by atoms with Crippen LogP contribution < -0.4 is 0 Å². The molecule has 1 nitrogen and oxygen atoms in total. The van der Waals surface area contributed by atoms with Crippen molar-refractivity contribution in [3.05, 3.63) is 35.4 Å². The number of hydrogen-bond acceptors (Lipinski definition) is 1. The Hall–Kier alpha value is -1.11. The number of unbranched alkanes of at least 4 members (excludes halogenated alkanes) is 2. The second-order valence-electron chi connectivity index (χ2n) is 9.71. The molecule has 0 fully saturated rings. The zero-order valence-electron chi connectivity index (χ0n) is 16.9. The molecule has 0 heterocycles. The topological polar surface area (TPSA) is 17.1 Å². The van der Waals surface area contributed by atoms with Crippen molar-refractivity contribution in [1.29, 1.82) is 0 Å². The lowest BCUT2D eigenvalue weighted by Crippen LogP contribution is -2.07. The van der Waals surface area contributed by atoms with Gasteiger partial charge in [-0.05, 0) is 47.6 Å². The molecular formula is C23H38O. The number of aryl methyl sites for hydroxylation is 1. The summed E-state index contributed by atoms with van der Waals surface area (Å²) >= 11 is 0. The van der Waals surface area contributed by atoms with Gasteiger partial charge in [-0.3, -0.25) is 4.79 Å². The molecule has 0 unspecified atom stereocenters. The highest BCUT2D eigenvalue weighted by Gasteiger charge is 2.11. The van der Waals surface area contributed by atoms with Crippen molar-refractivity contribution in [1.82, 2.24) is 0 Å². The Morgan fingerprint density at radius 2 is 1.29 bits per heavy atom. The fourth-order valence-corrected chi connectivity index (χ4v) is 2.81. The van der Waals surface area contributed by atoms with Gasteiger partial charge in [0.15, 0.2) is 0 Å². The van der Waals surface area contributed by atoms with Crippen LogP contribution in [-0.4, -0.2) is 5.78 Å². The third-order valence-corrected chi connectivity index (χ3v) is 4.47. The second-order valence-corrected chi connectivity index (χ2v) is 9.71. The molecule has 24 heavy (non-hydrogen) atoms. The Morgan fingerprint density at radius 1 is 0.750 bits per heavy atom. The Bertz CT molecular complexity index is 482. The van der Waals surface area contributed by atoms with Crippen LogP contribution in [0, 0.1) is 10.8 Å². The molecule has 0 bridgehead atoms. The Morgan fingerprint density at radius 3 is 1.83 bits per heavy atom. The van der Waals surface area contributed by atoms with E-state index >= 15 is 0 Å². The van der Waals surface area contributed by atoms with Crippen LogP contribution in [0.4, 0.5) is 0 Å². The molecule has 0 atom stereocenters. The molecule has 1 aromatic rings. The molecule has 1 heteroatoms. The summed E-state index contributed by atoms with van der Waals surface area (Å²) in [5, 5.41) is 0. The second kappa shape index (κ2) is 9.39.